The van der Waals surface area contributed by atoms with Gasteiger partial charge in [0.15, 0.2) is 0 Å². The zero-order chi connectivity index (χ0) is 13.1. The Morgan fingerprint density at radius 2 is 1.94 bits per heavy atom. The van der Waals surface area contributed by atoms with Crippen LogP contribution in [0.2, 0.25) is 0 Å². The molecule has 6 heteroatoms. The van der Waals surface area contributed by atoms with Gasteiger partial charge < -0.3 is 5.73 Å². The highest BCUT2D eigenvalue weighted by atomic mass is 32.2. The Balaban J connectivity index is 2.23. The predicted octanol–water partition coefficient (Wildman–Crippen LogP) is 1.21. The Bertz CT molecular complexity index is 540. The lowest BCUT2D eigenvalue weighted by Gasteiger charge is -2.08. The molecule has 1 heterocycles. The SMILES string of the molecule is NC(=O)CN1C(=O)SC(=Cc2ccccc2)C1=O. The second-order valence-corrected chi connectivity index (χ2v) is 4.64. The molecular formula is C12H10N2O3S. The third kappa shape index (κ3) is 2.60. The van der Waals surface area contributed by atoms with Gasteiger partial charge in [0.25, 0.3) is 11.1 Å². The molecule has 92 valence electrons. The van der Waals surface area contributed by atoms with Crippen molar-refractivity contribution in [3.05, 3.63) is 40.8 Å². The van der Waals surface area contributed by atoms with E-state index in [4.69, 9.17) is 5.73 Å². The predicted molar refractivity (Wildman–Crippen MR) is 68.3 cm³/mol. The summed E-state index contributed by atoms with van der Waals surface area (Å²) < 4.78 is 0. The summed E-state index contributed by atoms with van der Waals surface area (Å²) >= 11 is 0.809. The summed E-state index contributed by atoms with van der Waals surface area (Å²) in [7, 11) is 0. The highest BCUT2D eigenvalue weighted by molar-refractivity contribution is 8.18. The van der Waals surface area contributed by atoms with Crippen molar-refractivity contribution in [3.8, 4) is 0 Å². The normalized spacial score (nSPS) is 17.6. The van der Waals surface area contributed by atoms with Gasteiger partial charge in [0, 0.05) is 0 Å². The van der Waals surface area contributed by atoms with Crippen LogP contribution in [0.3, 0.4) is 0 Å². The van der Waals surface area contributed by atoms with E-state index in [2.05, 4.69) is 0 Å². The third-order valence-corrected chi connectivity index (χ3v) is 3.19. The van der Waals surface area contributed by atoms with Crippen LogP contribution in [0.25, 0.3) is 6.08 Å². The molecule has 5 nitrogen and oxygen atoms in total. The van der Waals surface area contributed by atoms with E-state index in [1.165, 1.54) is 0 Å². The molecule has 1 aliphatic heterocycles. The first-order valence-corrected chi connectivity index (χ1v) is 5.98. The Morgan fingerprint density at radius 3 is 2.56 bits per heavy atom. The number of amides is 3. The van der Waals surface area contributed by atoms with Crippen LogP contribution in [0.15, 0.2) is 35.2 Å². The highest BCUT2D eigenvalue weighted by Crippen LogP contribution is 2.31. The van der Waals surface area contributed by atoms with Gasteiger partial charge >= 0.3 is 0 Å². The fourth-order valence-electron chi connectivity index (χ4n) is 1.49. The molecule has 18 heavy (non-hydrogen) atoms. The molecule has 0 bridgehead atoms. The summed E-state index contributed by atoms with van der Waals surface area (Å²) in [6.45, 7) is -0.378. The van der Waals surface area contributed by atoms with Crippen LogP contribution < -0.4 is 5.73 Å². The third-order valence-electron chi connectivity index (χ3n) is 2.28. The number of rotatable bonds is 3. The number of nitrogens with two attached hydrogens (primary N) is 1. The highest BCUT2D eigenvalue weighted by Gasteiger charge is 2.35. The second-order valence-electron chi connectivity index (χ2n) is 3.64. The maximum absolute atomic E-state index is 11.9. The molecule has 1 fully saturated rings. The van der Waals surface area contributed by atoms with Gasteiger partial charge in [0.1, 0.15) is 6.54 Å². The summed E-state index contributed by atoms with van der Waals surface area (Å²) in [6, 6.07) is 9.17. The van der Waals surface area contributed by atoms with E-state index < -0.39 is 17.1 Å². The summed E-state index contributed by atoms with van der Waals surface area (Å²) in [4.78, 5) is 35.3. The minimum atomic E-state index is -0.710. The van der Waals surface area contributed by atoms with Gasteiger partial charge in [-0.3, -0.25) is 19.3 Å². The van der Waals surface area contributed by atoms with Crippen molar-refractivity contribution >= 4 is 34.9 Å². The Hall–Kier alpha value is -2.08. The molecule has 0 unspecified atom stereocenters. The molecule has 0 saturated carbocycles. The number of primary amides is 1. The zero-order valence-corrected chi connectivity index (χ0v) is 10.1. The summed E-state index contributed by atoms with van der Waals surface area (Å²) in [5.41, 5.74) is 5.80. The van der Waals surface area contributed by atoms with Crippen LogP contribution in [-0.2, 0) is 9.59 Å². The van der Waals surface area contributed by atoms with Crippen molar-refractivity contribution in [2.75, 3.05) is 6.54 Å². The summed E-state index contributed by atoms with van der Waals surface area (Å²) in [6.07, 6.45) is 1.62. The molecule has 0 aromatic heterocycles. The molecule has 2 N–H and O–H groups in total. The Morgan fingerprint density at radius 1 is 1.28 bits per heavy atom. The van der Waals surface area contributed by atoms with Gasteiger partial charge in [-0.15, -0.1) is 0 Å². The fraction of sp³-hybridized carbons (Fsp3) is 0.0833. The minimum Gasteiger partial charge on any atom is -0.368 e. The van der Waals surface area contributed by atoms with E-state index in [-0.39, 0.29) is 6.54 Å². The van der Waals surface area contributed by atoms with Crippen LogP contribution in [0.4, 0.5) is 4.79 Å². The van der Waals surface area contributed by atoms with Gasteiger partial charge in [-0.2, -0.15) is 0 Å². The molecule has 0 spiro atoms. The molecule has 1 saturated heterocycles. The van der Waals surface area contributed by atoms with Crippen molar-refractivity contribution in [1.29, 1.82) is 0 Å². The van der Waals surface area contributed by atoms with Crippen LogP contribution >= 0.6 is 11.8 Å². The van der Waals surface area contributed by atoms with Gasteiger partial charge in [0.2, 0.25) is 5.91 Å². The number of hydrogen-bond acceptors (Lipinski definition) is 4. The summed E-state index contributed by atoms with van der Waals surface area (Å²) in [5, 5.41) is -0.471. The van der Waals surface area contributed by atoms with Gasteiger partial charge in [-0.1, -0.05) is 30.3 Å². The number of hydrogen-bond donors (Lipinski definition) is 1. The first-order chi connectivity index (χ1) is 8.58. The maximum atomic E-state index is 11.9. The van der Waals surface area contributed by atoms with Gasteiger partial charge in [0.05, 0.1) is 4.91 Å². The molecule has 1 aromatic rings. The van der Waals surface area contributed by atoms with E-state index in [9.17, 15) is 14.4 Å². The minimum absolute atomic E-state index is 0.299. The van der Waals surface area contributed by atoms with E-state index in [1.54, 1.807) is 6.08 Å². The van der Waals surface area contributed by atoms with E-state index in [1.807, 2.05) is 30.3 Å². The molecule has 1 aromatic carbocycles. The van der Waals surface area contributed by atoms with Crippen molar-refractivity contribution < 1.29 is 14.4 Å². The molecule has 3 amide bonds. The van der Waals surface area contributed by atoms with Crippen molar-refractivity contribution in [2.45, 2.75) is 0 Å². The molecule has 0 atom stereocenters. The number of imide groups is 1. The zero-order valence-electron chi connectivity index (χ0n) is 9.33. The molecule has 0 radical (unpaired) electrons. The number of carbonyl (C=O) groups excluding carboxylic acids is 3. The second kappa shape index (κ2) is 5.05. The molecule has 2 rings (SSSR count). The van der Waals surface area contributed by atoms with Crippen LogP contribution in [-0.4, -0.2) is 28.5 Å². The monoisotopic (exact) mass is 262 g/mol. The standard InChI is InChI=1S/C12H10N2O3S/c13-10(15)7-14-11(16)9(18-12(14)17)6-8-4-2-1-3-5-8/h1-6H,7H2,(H2,13,15). The number of nitrogens with zero attached hydrogens (tertiary/aromatic N) is 1. The Kier molecular flexibility index (Phi) is 3.47. The molecule has 1 aliphatic rings. The lowest BCUT2D eigenvalue weighted by molar-refractivity contribution is -0.127. The van der Waals surface area contributed by atoms with Crippen LogP contribution in [0.5, 0.6) is 0 Å². The number of benzene rings is 1. The topological polar surface area (TPSA) is 80.5 Å². The number of thioether (sulfide) groups is 1. The van der Waals surface area contributed by atoms with Crippen LogP contribution in [0, 0.1) is 0 Å². The maximum Gasteiger partial charge on any atom is 0.294 e. The first-order valence-electron chi connectivity index (χ1n) is 5.16. The quantitative estimate of drug-likeness (QED) is 0.830. The smallest absolute Gasteiger partial charge is 0.294 e. The van der Waals surface area contributed by atoms with Gasteiger partial charge in [-0.05, 0) is 23.4 Å². The lowest BCUT2D eigenvalue weighted by atomic mass is 10.2. The fourth-order valence-corrected chi connectivity index (χ4v) is 2.33. The van der Waals surface area contributed by atoms with Crippen molar-refractivity contribution in [2.24, 2.45) is 5.73 Å². The largest absolute Gasteiger partial charge is 0.368 e. The molecule has 0 aliphatic carbocycles. The van der Waals surface area contributed by atoms with E-state index in [0.717, 1.165) is 22.2 Å². The Labute approximate surface area is 108 Å². The van der Waals surface area contributed by atoms with Crippen LogP contribution in [0.1, 0.15) is 5.56 Å². The lowest BCUT2D eigenvalue weighted by Crippen LogP contribution is -2.36. The summed E-state index contributed by atoms with van der Waals surface area (Å²) in [5.74, 6) is -1.19. The van der Waals surface area contributed by atoms with E-state index in [0.29, 0.717) is 4.91 Å². The molecular weight excluding hydrogens is 252 g/mol. The van der Waals surface area contributed by atoms with Gasteiger partial charge in [-0.25, -0.2) is 0 Å². The van der Waals surface area contributed by atoms with E-state index >= 15 is 0 Å². The van der Waals surface area contributed by atoms with Crippen molar-refractivity contribution in [3.63, 3.8) is 0 Å². The average molecular weight is 262 g/mol. The average Bonchev–Trinajstić information content (AvgIpc) is 2.58. The first kappa shape index (κ1) is 12.4. The number of carbonyl (C=O) groups is 3. The van der Waals surface area contributed by atoms with Crippen molar-refractivity contribution in [1.82, 2.24) is 4.90 Å².